The van der Waals surface area contributed by atoms with Crippen molar-refractivity contribution in [2.75, 3.05) is 18.5 Å². The van der Waals surface area contributed by atoms with E-state index < -0.39 is 5.97 Å². The van der Waals surface area contributed by atoms with Gasteiger partial charge in [-0.25, -0.2) is 4.79 Å². The zero-order valence-electron chi connectivity index (χ0n) is 14.5. The van der Waals surface area contributed by atoms with Crippen molar-refractivity contribution in [2.45, 2.75) is 24.9 Å². The van der Waals surface area contributed by atoms with Crippen LogP contribution in [0, 0.1) is 0 Å². The summed E-state index contributed by atoms with van der Waals surface area (Å²) in [6.07, 6.45) is 1.46. The molecule has 2 aromatic rings. The molecule has 2 unspecified atom stereocenters. The number of fused-ring (bicyclic) bond motifs is 3. The zero-order chi connectivity index (χ0) is 19.1. The number of carbonyl (C=O) groups is 1. The Morgan fingerprint density at radius 2 is 2.00 bits per heavy atom. The zero-order valence-corrected chi connectivity index (χ0v) is 16.1. The molecule has 1 saturated heterocycles. The SMILES string of the molecule is CN1c2c(Br)cc(O)cc2C2(C)CCNC12.O=C(O)c1ccccc1O. The van der Waals surface area contributed by atoms with Gasteiger partial charge in [0.15, 0.2) is 0 Å². The van der Waals surface area contributed by atoms with Crippen molar-refractivity contribution < 1.29 is 20.1 Å². The number of aromatic hydroxyl groups is 2. The number of hydrogen-bond acceptors (Lipinski definition) is 5. The fourth-order valence-electron chi connectivity index (χ4n) is 3.84. The van der Waals surface area contributed by atoms with Crippen molar-refractivity contribution in [3.05, 3.63) is 52.0 Å². The van der Waals surface area contributed by atoms with Gasteiger partial charge in [0.25, 0.3) is 0 Å². The van der Waals surface area contributed by atoms with Crippen LogP contribution in [0.4, 0.5) is 5.69 Å². The molecule has 2 aromatic carbocycles. The monoisotopic (exact) mass is 420 g/mol. The Balaban J connectivity index is 0.000000170. The molecule has 0 radical (unpaired) electrons. The number of para-hydroxylation sites is 1. The minimum atomic E-state index is -1.11. The van der Waals surface area contributed by atoms with Gasteiger partial charge < -0.3 is 20.2 Å². The summed E-state index contributed by atoms with van der Waals surface area (Å²) in [5, 5.41) is 30.6. The summed E-state index contributed by atoms with van der Waals surface area (Å²) in [6, 6.07) is 9.48. The lowest BCUT2D eigenvalue weighted by atomic mass is 9.81. The van der Waals surface area contributed by atoms with E-state index in [1.54, 1.807) is 18.2 Å². The minimum Gasteiger partial charge on any atom is -0.508 e. The van der Waals surface area contributed by atoms with Crippen LogP contribution in [0.25, 0.3) is 0 Å². The summed E-state index contributed by atoms with van der Waals surface area (Å²) >= 11 is 3.54. The van der Waals surface area contributed by atoms with E-state index in [0.29, 0.717) is 11.9 Å². The lowest BCUT2D eigenvalue weighted by Gasteiger charge is -2.27. The van der Waals surface area contributed by atoms with E-state index in [1.165, 1.54) is 23.4 Å². The van der Waals surface area contributed by atoms with Crippen LogP contribution in [-0.2, 0) is 5.41 Å². The molecule has 1 fully saturated rings. The highest BCUT2D eigenvalue weighted by molar-refractivity contribution is 9.10. The Hall–Kier alpha value is -2.25. The Labute approximate surface area is 160 Å². The largest absolute Gasteiger partial charge is 0.508 e. The van der Waals surface area contributed by atoms with Crippen LogP contribution in [0.2, 0.25) is 0 Å². The highest BCUT2D eigenvalue weighted by atomic mass is 79.9. The van der Waals surface area contributed by atoms with Gasteiger partial charge in [-0.3, -0.25) is 5.32 Å². The second kappa shape index (κ2) is 6.81. The summed E-state index contributed by atoms with van der Waals surface area (Å²) < 4.78 is 0.974. The van der Waals surface area contributed by atoms with E-state index in [0.717, 1.165) is 17.4 Å². The van der Waals surface area contributed by atoms with Crippen molar-refractivity contribution >= 4 is 27.6 Å². The van der Waals surface area contributed by atoms with Crippen LogP contribution >= 0.6 is 15.9 Å². The van der Waals surface area contributed by atoms with Gasteiger partial charge in [0.05, 0.1) is 11.9 Å². The summed E-state index contributed by atoms with van der Waals surface area (Å²) in [7, 11) is 2.11. The van der Waals surface area contributed by atoms with Gasteiger partial charge in [-0.2, -0.15) is 0 Å². The quantitative estimate of drug-likeness (QED) is 0.565. The first kappa shape index (κ1) is 18.5. The van der Waals surface area contributed by atoms with Crippen molar-refractivity contribution in [3.63, 3.8) is 0 Å². The maximum Gasteiger partial charge on any atom is 0.339 e. The number of rotatable bonds is 1. The molecule has 2 atom stereocenters. The number of carboxylic acids is 1. The van der Waals surface area contributed by atoms with Crippen molar-refractivity contribution in [1.29, 1.82) is 0 Å². The number of halogens is 1. The first-order chi connectivity index (χ1) is 12.3. The van der Waals surface area contributed by atoms with E-state index in [2.05, 4.69) is 40.1 Å². The number of phenolic OH excluding ortho intramolecular Hbond substituents is 1. The molecule has 26 heavy (non-hydrogen) atoms. The van der Waals surface area contributed by atoms with Gasteiger partial charge in [0, 0.05) is 16.9 Å². The smallest absolute Gasteiger partial charge is 0.339 e. The molecular formula is C19H21BrN2O4. The van der Waals surface area contributed by atoms with Gasteiger partial charge >= 0.3 is 5.97 Å². The lowest BCUT2D eigenvalue weighted by molar-refractivity contribution is 0.0693. The molecule has 2 aliphatic heterocycles. The summed E-state index contributed by atoms with van der Waals surface area (Å²) in [6.45, 7) is 3.31. The predicted molar refractivity (Wildman–Crippen MR) is 103 cm³/mol. The highest BCUT2D eigenvalue weighted by Gasteiger charge is 2.50. The molecule has 4 rings (SSSR count). The third kappa shape index (κ3) is 3.01. The number of hydrogen-bond donors (Lipinski definition) is 4. The minimum absolute atomic E-state index is 0.0671. The Bertz CT molecular complexity index is 857. The molecule has 7 heteroatoms. The molecule has 2 heterocycles. The maximum atomic E-state index is 10.3. The number of carboxylic acid groups (broad SMARTS) is 1. The van der Waals surface area contributed by atoms with Crippen LogP contribution in [0.1, 0.15) is 29.3 Å². The molecule has 0 saturated carbocycles. The van der Waals surface area contributed by atoms with Gasteiger partial charge in [-0.15, -0.1) is 0 Å². The van der Waals surface area contributed by atoms with Gasteiger partial charge in [-0.05, 0) is 58.7 Å². The van der Waals surface area contributed by atoms with E-state index in [1.807, 2.05) is 6.07 Å². The lowest BCUT2D eigenvalue weighted by Crippen LogP contribution is -2.44. The molecule has 0 bridgehead atoms. The summed E-state index contributed by atoms with van der Waals surface area (Å²) in [5.41, 5.74) is 2.50. The first-order valence-corrected chi connectivity index (χ1v) is 9.05. The number of aromatic carboxylic acids is 1. The summed E-state index contributed by atoms with van der Waals surface area (Å²) in [5.74, 6) is -0.971. The van der Waals surface area contributed by atoms with E-state index in [-0.39, 0.29) is 16.7 Å². The highest BCUT2D eigenvalue weighted by Crippen LogP contribution is 2.51. The third-order valence-electron chi connectivity index (χ3n) is 5.12. The van der Waals surface area contributed by atoms with E-state index >= 15 is 0 Å². The normalized spacial score (nSPS) is 23.0. The average molecular weight is 421 g/mol. The third-order valence-corrected chi connectivity index (χ3v) is 5.73. The molecule has 0 aromatic heterocycles. The number of benzene rings is 2. The second-order valence-corrected chi connectivity index (χ2v) is 7.64. The van der Waals surface area contributed by atoms with Crippen LogP contribution in [0.15, 0.2) is 40.9 Å². The standard InChI is InChI=1S/C12H15BrN2O.C7H6O3/c1-12-3-4-14-11(12)15(2)10-8(12)5-7(16)6-9(10)13;8-6-4-2-1-3-5(6)7(9)10/h5-6,11,14,16H,3-4H2,1-2H3;1-4,8H,(H,9,10). The topological polar surface area (TPSA) is 93.0 Å². The van der Waals surface area contributed by atoms with Gasteiger partial charge in [0.1, 0.15) is 17.1 Å². The first-order valence-electron chi connectivity index (χ1n) is 8.26. The van der Waals surface area contributed by atoms with Crippen molar-refractivity contribution in [2.24, 2.45) is 0 Å². The van der Waals surface area contributed by atoms with Crippen LogP contribution in [0.3, 0.4) is 0 Å². The van der Waals surface area contributed by atoms with Crippen LogP contribution < -0.4 is 10.2 Å². The fourth-order valence-corrected chi connectivity index (χ4v) is 4.57. The number of nitrogens with one attached hydrogen (secondary N) is 1. The fraction of sp³-hybridized carbons (Fsp3) is 0.316. The van der Waals surface area contributed by atoms with Gasteiger partial charge in [0.2, 0.25) is 0 Å². The second-order valence-electron chi connectivity index (χ2n) is 6.78. The Kier molecular flexibility index (Phi) is 4.86. The molecule has 0 aliphatic carbocycles. The number of phenols is 2. The number of likely N-dealkylation sites (N-methyl/N-ethyl adjacent to an activating group) is 1. The average Bonchev–Trinajstić information content (AvgIpc) is 3.05. The predicted octanol–water partition coefficient (Wildman–Crippen LogP) is 3.27. The molecular weight excluding hydrogens is 400 g/mol. The molecule has 4 N–H and O–H groups in total. The summed E-state index contributed by atoms with van der Waals surface area (Å²) in [4.78, 5) is 12.5. The van der Waals surface area contributed by atoms with E-state index in [4.69, 9.17) is 10.2 Å². The Morgan fingerprint density at radius 1 is 1.31 bits per heavy atom. The van der Waals surface area contributed by atoms with E-state index in [9.17, 15) is 9.90 Å². The van der Waals surface area contributed by atoms with Crippen LogP contribution in [0.5, 0.6) is 11.5 Å². The number of nitrogens with zero attached hydrogens (tertiary/aromatic N) is 1. The molecule has 138 valence electrons. The Morgan fingerprint density at radius 3 is 2.62 bits per heavy atom. The number of anilines is 1. The maximum absolute atomic E-state index is 10.3. The molecule has 0 amide bonds. The van der Waals surface area contributed by atoms with Crippen molar-refractivity contribution in [3.8, 4) is 11.5 Å². The van der Waals surface area contributed by atoms with Crippen molar-refractivity contribution in [1.82, 2.24) is 5.32 Å². The van der Waals surface area contributed by atoms with Crippen LogP contribution in [-0.4, -0.2) is 41.0 Å². The van der Waals surface area contributed by atoms with Gasteiger partial charge in [-0.1, -0.05) is 19.1 Å². The molecule has 6 nitrogen and oxygen atoms in total. The molecule has 2 aliphatic rings. The molecule has 0 spiro atoms.